The van der Waals surface area contributed by atoms with Crippen LogP contribution >= 0.6 is 0 Å². The fraction of sp³-hybridized carbons (Fsp3) is 0.417. The molecule has 0 aliphatic heterocycles. The van der Waals surface area contributed by atoms with Gasteiger partial charge in [0.2, 0.25) is 5.95 Å². The van der Waals surface area contributed by atoms with Crippen LogP contribution in [0.3, 0.4) is 0 Å². The van der Waals surface area contributed by atoms with Crippen LogP contribution in [0.5, 0.6) is 0 Å². The van der Waals surface area contributed by atoms with Gasteiger partial charge in [-0.15, -0.1) is 0 Å². The van der Waals surface area contributed by atoms with Gasteiger partial charge in [0.05, 0.1) is 5.69 Å². The van der Waals surface area contributed by atoms with Gasteiger partial charge in [0.1, 0.15) is 5.82 Å². The van der Waals surface area contributed by atoms with E-state index in [2.05, 4.69) is 20.4 Å². The summed E-state index contributed by atoms with van der Waals surface area (Å²) in [4.78, 5) is 18.9. The Hall–Kier alpha value is -2.11. The average Bonchev–Trinajstić information content (AvgIpc) is 2.67. The molecule has 2 N–H and O–H groups in total. The number of hydrogen-bond acceptors (Lipinski definition) is 4. The van der Waals surface area contributed by atoms with Crippen molar-refractivity contribution in [1.82, 2.24) is 19.7 Å². The molecule has 0 spiro atoms. The summed E-state index contributed by atoms with van der Waals surface area (Å²) < 4.78 is 1.62. The van der Waals surface area contributed by atoms with Crippen LogP contribution < -0.4 is 10.9 Å². The third-order valence-corrected chi connectivity index (χ3v) is 2.77. The molecule has 0 atom stereocenters. The summed E-state index contributed by atoms with van der Waals surface area (Å²) in [6, 6.07) is 1.92. The van der Waals surface area contributed by atoms with Crippen molar-refractivity contribution in [2.24, 2.45) is 0 Å². The molecular weight excluding hydrogens is 230 g/mol. The Morgan fingerprint density at radius 1 is 1.39 bits per heavy atom. The third-order valence-electron chi connectivity index (χ3n) is 2.77. The quantitative estimate of drug-likeness (QED) is 0.857. The van der Waals surface area contributed by atoms with Gasteiger partial charge in [-0.2, -0.15) is 9.78 Å². The standard InChI is InChI=1S/C12H17N5O/c1-5-13-10-6-7(2)16-17(10)12-14-9(4)8(3)11(18)15-12/h6,13H,5H2,1-4H3,(H,14,15,18). The van der Waals surface area contributed by atoms with Crippen molar-refractivity contribution >= 4 is 5.82 Å². The second-order valence-corrected chi connectivity index (χ2v) is 4.21. The highest BCUT2D eigenvalue weighted by Crippen LogP contribution is 2.13. The van der Waals surface area contributed by atoms with Gasteiger partial charge < -0.3 is 5.32 Å². The first-order chi connectivity index (χ1) is 8.52. The maximum atomic E-state index is 11.8. The average molecular weight is 247 g/mol. The third kappa shape index (κ3) is 2.13. The molecule has 0 radical (unpaired) electrons. The zero-order chi connectivity index (χ0) is 13.3. The van der Waals surface area contributed by atoms with Crippen LogP contribution in [0.25, 0.3) is 5.95 Å². The summed E-state index contributed by atoms with van der Waals surface area (Å²) in [7, 11) is 0. The Morgan fingerprint density at radius 3 is 2.72 bits per heavy atom. The molecule has 96 valence electrons. The van der Waals surface area contributed by atoms with Gasteiger partial charge in [-0.05, 0) is 27.7 Å². The first-order valence-electron chi connectivity index (χ1n) is 5.91. The maximum absolute atomic E-state index is 11.8. The number of aromatic amines is 1. The summed E-state index contributed by atoms with van der Waals surface area (Å²) in [5.74, 6) is 1.26. The molecule has 0 aliphatic carbocycles. The number of nitrogens with zero attached hydrogens (tertiary/aromatic N) is 3. The first-order valence-corrected chi connectivity index (χ1v) is 5.91. The fourth-order valence-electron chi connectivity index (χ4n) is 1.70. The second kappa shape index (κ2) is 4.64. The van der Waals surface area contributed by atoms with Crippen molar-refractivity contribution in [2.45, 2.75) is 27.7 Å². The van der Waals surface area contributed by atoms with Gasteiger partial charge in [0, 0.05) is 23.9 Å². The van der Waals surface area contributed by atoms with E-state index < -0.39 is 0 Å². The highest BCUT2D eigenvalue weighted by Gasteiger charge is 2.11. The summed E-state index contributed by atoms with van der Waals surface area (Å²) in [5, 5.41) is 7.52. The summed E-state index contributed by atoms with van der Waals surface area (Å²) in [6.45, 7) is 8.25. The summed E-state index contributed by atoms with van der Waals surface area (Å²) in [6.07, 6.45) is 0. The SMILES string of the molecule is CCNc1cc(C)nn1-c1nc(C)c(C)c(=O)[nH]1. The molecule has 0 saturated heterocycles. The van der Waals surface area contributed by atoms with Crippen LogP contribution in [0.2, 0.25) is 0 Å². The first kappa shape index (κ1) is 12.3. The van der Waals surface area contributed by atoms with Crippen LogP contribution in [0.4, 0.5) is 5.82 Å². The molecule has 6 heteroatoms. The molecule has 2 rings (SSSR count). The van der Waals surface area contributed by atoms with Crippen molar-refractivity contribution in [3.63, 3.8) is 0 Å². The molecule has 2 heterocycles. The molecule has 2 aromatic rings. The van der Waals surface area contributed by atoms with Gasteiger partial charge in [-0.1, -0.05) is 0 Å². The lowest BCUT2D eigenvalue weighted by Gasteiger charge is -2.08. The Labute approximate surface area is 105 Å². The minimum atomic E-state index is -0.131. The van der Waals surface area contributed by atoms with E-state index in [1.165, 1.54) is 0 Å². The van der Waals surface area contributed by atoms with Gasteiger partial charge >= 0.3 is 0 Å². The highest BCUT2D eigenvalue weighted by molar-refractivity contribution is 5.41. The minimum Gasteiger partial charge on any atom is -0.370 e. The zero-order valence-corrected chi connectivity index (χ0v) is 11.0. The lowest BCUT2D eigenvalue weighted by Crippen LogP contribution is -2.19. The number of hydrogen-bond donors (Lipinski definition) is 2. The molecule has 0 aliphatic rings. The Bertz CT molecular complexity index is 626. The van der Waals surface area contributed by atoms with Crippen molar-refractivity contribution in [2.75, 3.05) is 11.9 Å². The normalized spacial score (nSPS) is 10.7. The molecule has 0 amide bonds. The summed E-state index contributed by atoms with van der Waals surface area (Å²) >= 11 is 0. The van der Waals surface area contributed by atoms with Gasteiger partial charge in [0.25, 0.3) is 5.56 Å². The molecule has 0 aromatic carbocycles. The Morgan fingerprint density at radius 2 is 2.11 bits per heavy atom. The minimum absolute atomic E-state index is 0.131. The number of H-pyrrole nitrogens is 1. The Balaban J connectivity index is 2.58. The monoisotopic (exact) mass is 247 g/mol. The number of nitrogens with one attached hydrogen (secondary N) is 2. The molecule has 2 aromatic heterocycles. The maximum Gasteiger partial charge on any atom is 0.255 e. The number of aromatic nitrogens is 4. The molecule has 6 nitrogen and oxygen atoms in total. The van der Waals surface area contributed by atoms with Crippen LogP contribution in [0.15, 0.2) is 10.9 Å². The van der Waals surface area contributed by atoms with E-state index in [0.717, 1.165) is 18.1 Å². The van der Waals surface area contributed by atoms with Gasteiger partial charge in [0.15, 0.2) is 0 Å². The van der Waals surface area contributed by atoms with E-state index in [0.29, 0.717) is 17.2 Å². The van der Waals surface area contributed by atoms with Crippen molar-refractivity contribution in [3.8, 4) is 5.95 Å². The Kier molecular flexibility index (Phi) is 3.18. The topological polar surface area (TPSA) is 75.6 Å². The van der Waals surface area contributed by atoms with Crippen molar-refractivity contribution in [1.29, 1.82) is 0 Å². The van der Waals surface area contributed by atoms with Crippen LogP contribution in [-0.4, -0.2) is 26.3 Å². The van der Waals surface area contributed by atoms with Crippen molar-refractivity contribution < 1.29 is 0 Å². The van der Waals surface area contributed by atoms with Crippen molar-refractivity contribution in [3.05, 3.63) is 33.4 Å². The lowest BCUT2D eigenvalue weighted by atomic mass is 10.3. The highest BCUT2D eigenvalue weighted by atomic mass is 16.1. The molecule has 18 heavy (non-hydrogen) atoms. The fourth-order valence-corrected chi connectivity index (χ4v) is 1.70. The summed E-state index contributed by atoms with van der Waals surface area (Å²) in [5.41, 5.74) is 2.08. The number of aryl methyl sites for hydroxylation is 2. The van der Waals surface area contributed by atoms with Crippen LogP contribution in [0, 0.1) is 20.8 Å². The van der Waals surface area contributed by atoms with E-state index in [4.69, 9.17) is 0 Å². The van der Waals surface area contributed by atoms with E-state index in [1.54, 1.807) is 11.6 Å². The number of rotatable bonds is 3. The van der Waals surface area contributed by atoms with Crippen LogP contribution in [-0.2, 0) is 0 Å². The van der Waals surface area contributed by atoms with E-state index in [-0.39, 0.29) is 5.56 Å². The largest absolute Gasteiger partial charge is 0.370 e. The lowest BCUT2D eigenvalue weighted by molar-refractivity contribution is 0.781. The molecule has 0 saturated carbocycles. The molecule has 0 bridgehead atoms. The van der Waals surface area contributed by atoms with E-state index in [1.807, 2.05) is 26.8 Å². The predicted molar refractivity (Wildman–Crippen MR) is 70.4 cm³/mol. The van der Waals surface area contributed by atoms with Crippen LogP contribution in [0.1, 0.15) is 23.9 Å². The number of anilines is 1. The van der Waals surface area contributed by atoms with Gasteiger partial charge in [-0.3, -0.25) is 9.78 Å². The smallest absolute Gasteiger partial charge is 0.255 e. The molecular formula is C12H17N5O. The second-order valence-electron chi connectivity index (χ2n) is 4.21. The van der Waals surface area contributed by atoms with E-state index in [9.17, 15) is 4.79 Å². The van der Waals surface area contributed by atoms with E-state index >= 15 is 0 Å². The zero-order valence-electron chi connectivity index (χ0n) is 11.0. The predicted octanol–water partition coefficient (Wildman–Crippen LogP) is 1.31. The van der Waals surface area contributed by atoms with Gasteiger partial charge in [-0.25, -0.2) is 4.98 Å². The molecule has 0 unspecified atom stereocenters. The molecule has 0 fully saturated rings.